The molecule has 0 radical (unpaired) electrons. The van der Waals surface area contributed by atoms with Crippen LogP contribution >= 0.6 is 0 Å². The van der Waals surface area contributed by atoms with Gasteiger partial charge in [-0.1, -0.05) is 20.8 Å². The molecular formula is C15H22N4O4. The zero-order chi connectivity index (χ0) is 17.5. The number of imidazole rings is 1. The van der Waals surface area contributed by atoms with Crippen molar-refractivity contribution >= 4 is 18.3 Å². The van der Waals surface area contributed by atoms with Crippen molar-refractivity contribution in [3.8, 4) is 0 Å². The van der Waals surface area contributed by atoms with Crippen molar-refractivity contribution in [1.29, 1.82) is 0 Å². The Labute approximate surface area is 134 Å². The van der Waals surface area contributed by atoms with Gasteiger partial charge in [0.15, 0.2) is 12.1 Å². The zero-order valence-electron chi connectivity index (χ0n) is 14.0. The summed E-state index contributed by atoms with van der Waals surface area (Å²) >= 11 is 0. The van der Waals surface area contributed by atoms with Crippen LogP contribution in [-0.2, 0) is 7.05 Å². The number of likely N-dealkylation sites (tertiary alicyclic amines) is 1. The lowest BCUT2D eigenvalue weighted by Gasteiger charge is -2.52. The van der Waals surface area contributed by atoms with E-state index in [0.717, 1.165) is 0 Å². The molecule has 8 nitrogen and oxygen atoms in total. The smallest absolute Gasteiger partial charge is 0.407 e. The monoisotopic (exact) mass is 322 g/mol. The minimum atomic E-state index is -0.990. The standard InChI is InChI=1S/C15H22N4O4/c1-8-11(18(5)10(7-20)16-8)13(21)17-9-6-19(14(22)23)12(9)15(2,3)4/h7,9,12H,6H2,1-5H3,(H,17,21)(H,22,23). The van der Waals surface area contributed by atoms with Crippen LogP contribution in [0.15, 0.2) is 0 Å². The number of carboxylic acid groups (broad SMARTS) is 1. The van der Waals surface area contributed by atoms with Crippen LogP contribution in [0.4, 0.5) is 4.79 Å². The second kappa shape index (κ2) is 5.68. The Bertz CT molecular complexity index is 659. The molecule has 2 heterocycles. The molecule has 2 unspecified atom stereocenters. The number of carbonyl (C=O) groups is 3. The lowest BCUT2D eigenvalue weighted by molar-refractivity contribution is -0.0108. The summed E-state index contributed by atoms with van der Waals surface area (Å²) in [4.78, 5) is 40.1. The molecule has 2 atom stereocenters. The van der Waals surface area contributed by atoms with Crippen LogP contribution < -0.4 is 5.32 Å². The molecule has 23 heavy (non-hydrogen) atoms. The van der Waals surface area contributed by atoms with E-state index < -0.39 is 6.09 Å². The van der Waals surface area contributed by atoms with Crippen LogP contribution in [-0.4, -0.2) is 56.5 Å². The number of aldehydes is 1. The Morgan fingerprint density at radius 1 is 1.39 bits per heavy atom. The molecule has 1 aromatic rings. The second-order valence-corrected chi connectivity index (χ2v) is 6.91. The molecule has 126 valence electrons. The fraction of sp³-hybridized carbons (Fsp3) is 0.600. The summed E-state index contributed by atoms with van der Waals surface area (Å²) in [5.41, 5.74) is 0.478. The SMILES string of the molecule is Cc1nc(C=O)n(C)c1C(=O)NC1CN(C(=O)O)C1C(C)(C)C. The molecular weight excluding hydrogens is 300 g/mol. The van der Waals surface area contributed by atoms with Gasteiger partial charge in [-0.3, -0.25) is 9.59 Å². The predicted molar refractivity (Wildman–Crippen MR) is 82.6 cm³/mol. The minimum Gasteiger partial charge on any atom is -0.465 e. The van der Waals surface area contributed by atoms with E-state index in [4.69, 9.17) is 0 Å². The molecule has 0 bridgehead atoms. The number of nitrogens with one attached hydrogen (secondary N) is 1. The lowest BCUT2D eigenvalue weighted by atomic mass is 9.76. The summed E-state index contributed by atoms with van der Waals surface area (Å²) < 4.78 is 1.44. The summed E-state index contributed by atoms with van der Waals surface area (Å²) in [7, 11) is 1.60. The summed E-state index contributed by atoms with van der Waals surface area (Å²) in [5.74, 6) is -0.171. The van der Waals surface area contributed by atoms with Gasteiger partial charge in [0.2, 0.25) is 0 Å². The molecule has 1 aliphatic rings. The molecule has 2 N–H and O–H groups in total. The van der Waals surface area contributed by atoms with Crippen LogP contribution in [0, 0.1) is 12.3 Å². The Morgan fingerprint density at radius 2 is 2.00 bits per heavy atom. The second-order valence-electron chi connectivity index (χ2n) is 6.91. The summed E-state index contributed by atoms with van der Waals surface area (Å²) in [6.07, 6.45) is -0.396. The van der Waals surface area contributed by atoms with E-state index in [1.165, 1.54) is 9.47 Å². The first-order chi connectivity index (χ1) is 10.6. The van der Waals surface area contributed by atoms with Crippen LogP contribution in [0.5, 0.6) is 0 Å². The number of nitrogens with zero attached hydrogens (tertiary/aromatic N) is 3. The molecule has 2 rings (SSSR count). The number of aromatic nitrogens is 2. The molecule has 1 saturated heterocycles. The maximum absolute atomic E-state index is 12.5. The third kappa shape index (κ3) is 2.93. The molecule has 1 fully saturated rings. The topological polar surface area (TPSA) is 105 Å². The average molecular weight is 322 g/mol. The molecule has 1 aromatic heterocycles. The maximum atomic E-state index is 12.5. The highest BCUT2D eigenvalue weighted by atomic mass is 16.4. The van der Waals surface area contributed by atoms with Crippen molar-refractivity contribution in [3.05, 3.63) is 17.2 Å². The third-order valence-corrected chi connectivity index (χ3v) is 4.18. The highest BCUT2D eigenvalue weighted by molar-refractivity contribution is 5.95. The number of carbonyl (C=O) groups excluding carboxylic acids is 2. The molecule has 0 aromatic carbocycles. The van der Waals surface area contributed by atoms with Crippen LogP contribution in [0.2, 0.25) is 0 Å². The van der Waals surface area contributed by atoms with Crippen molar-refractivity contribution in [2.24, 2.45) is 12.5 Å². The quantitative estimate of drug-likeness (QED) is 0.809. The Morgan fingerprint density at radius 3 is 2.43 bits per heavy atom. The van der Waals surface area contributed by atoms with Crippen LogP contribution in [0.25, 0.3) is 0 Å². The Hall–Kier alpha value is -2.38. The van der Waals surface area contributed by atoms with Gasteiger partial charge in [0.05, 0.1) is 17.8 Å². The van der Waals surface area contributed by atoms with Crippen molar-refractivity contribution in [3.63, 3.8) is 0 Å². The third-order valence-electron chi connectivity index (χ3n) is 4.18. The number of amides is 2. The van der Waals surface area contributed by atoms with Crippen molar-refractivity contribution in [1.82, 2.24) is 19.8 Å². The average Bonchev–Trinajstić information content (AvgIpc) is 2.65. The zero-order valence-corrected chi connectivity index (χ0v) is 14.0. The van der Waals surface area contributed by atoms with Gasteiger partial charge in [0.25, 0.3) is 5.91 Å². The highest BCUT2D eigenvalue weighted by Gasteiger charge is 2.49. The summed E-state index contributed by atoms with van der Waals surface area (Å²) in [5, 5.41) is 12.1. The van der Waals surface area contributed by atoms with Gasteiger partial charge in [-0.2, -0.15) is 0 Å². The van der Waals surface area contributed by atoms with E-state index in [1.807, 2.05) is 20.8 Å². The van der Waals surface area contributed by atoms with Gasteiger partial charge in [-0.15, -0.1) is 0 Å². The van der Waals surface area contributed by atoms with Crippen LogP contribution in [0.3, 0.4) is 0 Å². The number of aryl methyl sites for hydroxylation is 1. The number of hydrogen-bond donors (Lipinski definition) is 2. The van der Waals surface area contributed by atoms with E-state index in [0.29, 0.717) is 17.7 Å². The van der Waals surface area contributed by atoms with Gasteiger partial charge in [-0.05, 0) is 12.3 Å². The highest BCUT2D eigenvalue weighted by Crippen LogP contribution is 2.34. The molecule has 8 heteroatoms. The molecule has 2 amide bonds. The van der Waals surface area contributed by atoms with Gasteiger partial charge in [0, 0.05) is 13.6 Å². The van der Waals surface area contributed by atoms with Gasteiger partial charge in [-0.25, -0.2) is 9.78 Å². The summed E-state index contributed by atoms with van der Waals surface area (Å²) in [6.45, 7) is 7.72. The van der Waals surface area contributed by atoms with Gasteiger partial charge in [0.1, 0.15) is 5.69 Å². The van der Waals surface area contributed by atoms with E-state index in [2.05, 4.69) is 10.3 Å². The van der Waals surface area contributed by atoms with Crippen molar-refractivity contribution < 1.29 is 19.5 Å². The largest absolute Gasteiger partial charge is 0.465 e. The first kappa shape index (κ1) is 17.0. The van der Waals surface area contributed by atoms with E-state index in [1.54, 1.807) is 14.0 Å². The minimum absolute atomic E-state index is 0.181. The normalized spacial score (nSPS) is 20.8. The first-order valence-corrected chi connectivity index (χ1v) is 7.36. The van der Waals surface area contributed by atoms with E-state index in [-0.39, 0.29) is 35.8 Å². The van der Waals surface area contributed by atoms with Crippen molar-refractivity contribution in [2.75, 3.05) is 6.54 Å². The Balaban J connectivity index is 2.19. The first-order valence-electron chi connectivity index (χ1n) is 7.36. The van der Waals surface area contributed by atoms with E-state index >= 15 is 0 Å². The fourth-order valence-corrected chi connectivity index (χ4v) is 3.21. The van der Waals surface area contributed by atoms with Gasteiger partial charge < -0.3 is 19.9 Å². The van der Waals surface area contributed by atoms with Crippen molar-refractivity contribution in [2.45, 2.75) is 39.8 Å². The Kier molecular flexibility index (Phi) is 4.19. The molecule has 0 aliphatic carbocycles. The number of hydrogen-bond acceptors (Lipinski definition) is 4. The molecule has 0 spiro atoms. The van der Waals surface area contributed by atoms with Gasteiger partial charge >= 0.3 is 6.09 Å². The maximum Gasteiger partial charge on any atom is 0.407 e. The number of rotatable bonds is 3. The molecule has 1 aliphatic heterocycles. The fourth-order valence-electron chi connectivity index (χ4n) is 3.21. The molecule has 0 saturated carbocycles. The summed E-state index contributed by atoms with van der Waals surface area (Å²) in [6, 6.07) is -0.574. The lowest BCUT2D eigenvalue weighted by Crippen LogP contribution is -2.71. The predicted octanol–water partition coefficient (Wildman–Crippen LogP) is 1.05. The van der Waals surface area contributed by atoms with E-state index in [9.17, 15) is 19.5 Å². The van der Waals surface area contributed by atoms with Crippen LogP contribution in [0.1, 0.15) is 47.6 Å².